The third-order valence-corrected chi connectivity index (χ3v) is 5.60. The smallest absolute Gasteiger partial charge is 0.222 e. The fourth-order valence-corrected chi connectivity index (χ4v) is 4.84. The quantitative estimate of drug-likeness (QED) is 0.815. The third-order valence-electron chi connectivity index (χ3n) is 4.24. The highest BCUT2D eigenvalue weighted by Crippen LogP contribution is 2.43. The lowest BCUT2D eigenvalue weighted by Crippen LogP contribution is -2.42. The number of hydrogen-bond donors (Lipinski definition) is 0. The van der Waals surface area contributed by atoms with Crippen molar-refractivity contribution in [3.05, 3.63) is 30.3 Å². The second-order valence-electron chi connectivity index (χ2n) is 5.36. The Bertz CT molecular complexity index is 433. The van der Waals surface area contributed by atoms with E-state index in [2.05, 4.69) is 30.3 Å². The zero-order valence-corrected chi connectivity index (χ0v) is 11.5. The van der Waals surface area contributed by atoms with Gasteiger partial charge < -0.3 is 4.90 Å². The normalized spacial score (nSPS) is 31.5. The van der Waals surface area contributed by atoms with Crippen LogP contribution in [0.15, 0.2) is 35.2 Å². The third kappa shape index (κ3) is 2.16. The van der Waals surface area contributed by atoms with E-state index < -0.39 is 0 Å². The van der Waals surface area contributed by atoms with Gasteiger partial charge in [-0.2, -0.15) is 0 Å². The number of likely N-dealkylation sites (tertiary alicyclic amines) is 1. The molecule has 1 amide bonds. The number of fused-ring (bicyclic) bond motifs is 1. The number of amides is 1. The standard InChI is InChI=1S/C15H19NOS/c1-16-14(17)10-11-6-5-9-13(15(11)16)18-12-7-3-2-4-8-12/h2-4,7-8,11,13,15H,5-6,9-10H2,1H3/t11-,13+,15+/m1/s1. The van der Waals surface area contributed by atoms with Crippen molar-refractivity contribution in [1.82, 2.24) is 4.90 Å². The van der Waals surface area contributed by atoms with Crippen LogP contribution in [-0.4, -0.2) is 29.1 Å². The maximum absolute atomic E-state index is 11.9. The molecule has 0 bridgehead atoms. The van der Waals surface area contributed by atoms with Crippen LogP contribution in [0.1, 0.15) is 25.7 Å². The maximum atomic E-state index is 11.9. The maximum Gasteiger partial charge on any atom is 0.222 e. The van der Waals surface area contributed by atoms with Crippen LogP contribution >= 0.6 is 11.8 Å². The van der Waals surface area contributed by atoms with Crippen LogP contribution in [0.4, 0.5) is 0 Å². The number of carbonyl (C=O) groups excluding carboxylic acids is 1. The van der Waals surface area contributed by atoms with Gasteiger partial charge in [-0.1, -0.05) is 24.6 Å². The molecule has 96 valence electrons. The molecule has 0 unspecified atom stereocenters. The molecule has 0 radical (unpaired) electrons. The van der Waals surface area contributed by atoms with Gasteiger partial charge in [0.05, 0.1) is 0 Å². The Kier molecular flexibility index (Phi) is 3.33. The van der Waals surface area contributed by atoms with Gasteiger partial charge >= 0.3 is 0 Å². The molecule has 0 spiro atoms. The molecule has 1 aromatic rings. The fraction of sp³-hybridized carbons (Fsp3) is 0.533. The van der Waals surface area contributed by atoms with Crippen molar-refractivity contribution >= 4 is 17.7 Å². The van der Waals surface area contributed by atoms with Gasteiger partial charge in [0.1, 0.15) is 0 Å². The first-order valence-corrected chi connectivity index (χ1v) is 7.61. The van der Waals surface area contributed by atoms with Crippen molar-refractivity contribution in [2.45, 2.75) is 41.9 Å². The molecule has 3 heteroatoms. The van der Waals surface area contributed by atoms with E-state index >= 15 is 0 Å². The van der Waals surface area contributed by atoms with Gasteiger partial charge in [-0.3, -0.25) is 4.79 Å². The van der Waals surface area contributed by atoms with Crippen LogP contribution in [0.2, 0.25) is 0 Å². The largest absolute Gasteiger partial charge is 0.341 e. The van der Waals surface area contributed by atoms with Gasteiger partial charge in [0.15, 0.2) is 0 Å². The Hall–Kier alpha value is -0.960. The minimum absolute atomic E-state index is 0.338. The molecule has 1 aliphatic heterocycles. The predicted molar refractivity (Wildman–Crippen MR) is 74.6 cm³/mol. The zero-order valence-electron chi connectivity index (χ0n) is 10.7. The van der Waals surface area contributed by atoms with E-state index in [4.69, 9.17) is 0 Å². The molecule has 1 aromatic carbocycles. The molecule has 3 atom stereocenters. The second kappa shape index (κ2) is 4.96. The van der Waals surface area contributed by atoms with E-state index in [0.717, 1.165) is 6.42 Å². The molecule has 0 aromatic heterocycles. The average Bonchev–Trinajstić information content (AvgIpc) is 2.67. The summed E-state index contributed by atoms with van der Waals surface area (Å²) in [5.74, 6) is 0.933. The summed E-state index contributed by atoms with van der Waals surface area (Å²) in [5.41, 5.74) is 0. The van der Waals surface area contributed by atoms with Gasteiger partial charge in [-0.05, 0) is 30.9 Å². The lowest BCUT2D eigenvalue weighted by molar-refractivity contribution is -0.127. The number of thioether (sulfide) groups is 1. The highest BCUT2D eigenvalue weighted by Gasteiger charge is 2.44. The Labute approximate surface area is 113 Å². The van der Waals surface area contributed by atoms with Gasteiger partial charge in [-0.15, -0.1) is 11.8 Å². The van der Waals surface area contributed by atoms with Gasteiger partial charge in [0, 0.05) is 29.7 Å². The Balaban J connectivity index is 1.77. The van der Waals surface area contributed by atoms with E-state index in [9.17, 15) is 4.79 Å². The molecule has 1 heterocycles. The molecule has 1 saturated carbocycles. The lowest BCUT2D eigenvalue weighted by atomic mass is 9.85. The number of rotatable bonds is 2. The fourth-order valence-electron chi connectivity index (χ4n) is 3.35. The predicted octanol–water partition coefficient (Wildman–Crippen LogP) is 3.18. The summed E-state index contributed by atoms with van der Waals surface area (Å²) in [7, 11) is 1.98. The van der Waals surface area contributed by atoms with Crippen LogP contribution in [0, 0.1) is 5.92 Å². The molecule has 0 N–H and O–H groups in total. The van der Waals surface area contributed by atoms with Crippen molar-refractivity contribution in [3.8, 4) is 0 Å². The van der Waals surface area contributed by atoms with Crippen molar-refractivity contribution in [2.24, 2.45) is 5.92 Å². The number of nitrogens with zero attached hydrogens (tertiary/aromatic N) is 1. The molecule has 2 fully saturated rings. The number of hydrogen-bond acceptors (Lipinski definition) is 2. The van der Waals surface area contributed by atoms with E-state index in [1.165, 1.54) is 24.2 Å². The highest BCUT2D eigenvalue weighted by atomic mass is 32.2. The van der Waals surface area contributed by atoms with Gasteiger partial charge in [0.2, 0.25) is 5.91 Å². The summed E-state index contributed by atoms with van der Waals surface area (Å²) < 4.78 is 0. The molecule has 18 heavy (non-hydrogen) atoms. The monoisotopic (exact) mass is 261 g/mol. The Morgan fingerprint density at radius 3 is 2.78 bits per heavy atom. The topological polar surface area (TPSA) is 20.3 Å². The van der Waals surface area contributed by atoms with Crippen LogP contribution < -0.4 is 0 Å². The molecular formula is C15H19NOS. The molecule has 1 aliphatic carbocycles. The van der Waals surface area contributed by atoms with E-state index in [1.54, 1.807) is 0 Å². The Morgan fingerprint density at radius 2 is 2.00 bits per heavy atom. The molecular weight excluding hydrogens is 242 g/mol. The van der Waals surface area contributed by atoms with Gasteiger partial charge in [0.25, 0.3) is 0 Å². The van der Waals surface area contributed by atoms with Crippen LogP contribution in [0.5, 0.6) is 0 Å². The average molecular weight is 261 g/mol. The van der Waals surface area contributed by atoms with E-state index in [1.807, 2.05) is 23.7 Å². The summed E-state index contributed by atoms with van der Waals surface area (Å²) in [4.78, 5) is 15.2. The molecule has 1 saturated heterocycles. The van der Waals surface area contributed by atoms with E-state index in [0.29, 0.717) is 23.1 Å². The molecule has 2 aliphatic rings. The summed E-state index contributed by atoms with van der Waals surface area (Å²) in [6.07, 6.45) is 4.50. The van der Waals surface area contributed by atoms with Crippen molar-refractivity contribution in [1.29, 1.82) is 0 Å². The Morgan fingerprint density at radius 1 is 1.22 bits per heavy atom. The minimum atomic E-state index is 0.338. The first kappa shape index (κ1) is 12.1. The minimum Gasteiger partial charge on any atom is -0.341 e. The van der Waals surface area contributed by atoms with E-state index in [-0.39, 0.29) is 0 Å². The molecule has 3 rings (SSSR count). The SMILES string of the molecule is CN1C(=O)C[C@H]2CCC[C@H](Sc3ccccc3)[C@H]21. The van der Waals surface area contributed by atoms with Gasteiger partial charge in [-0.25, -0.2) is 0 Å². The molecule has 2 nitrogen and oxygen atoms in total. The van der Waals surface area contributed by atoms with Crippen LogP contribution in [0.25, 0.3) is 0 Å². The number of carbonyl (C=O) groups is 1. The first-order chi connectivity index (χ1) is 8.75. The van der Waals surface area contributed by atoms with Crippen molar-refractivity contribution < 1.29 is 4.79 Å². The summed E-state index contributed by atoms with van der Waals surface area (Å²) >= 11 is 1.95. The van der Waals surface area contributed by atoms with Crippen molar-refractivity contribution in [3.63, 3.8) is 0 Å². The second-order valence-corrected chi connectivity index (χ2v) is 6.67. The zero-order chi connectivity index (χ0) is 12.5. The van der Waals surface area contributed by atoms with Crippen molar-refractivity contribution in [2.75, 3.05) is 7.05 Å². The summed E-state index contributed by atoms with van der Waals surface area (Å²) in [6.45, 7) is 0. The number of benzene rings is 1. The van der Waals surface area contributed by atoms with Crippen LogP contribution in [-0.2, 0) is 4.79 Å². The first-order valence-electron chi connectivity index (χ1n) is 6.73. The lowest BCUT2D eigenvalue weighted by Gasteiger charge is -2.36. The highest BCUT2D eigenvalue weighted by molar-refractivity contribution is 8.00. The summed E-state index contributed by atoms with van der Waals surface area (Å²) in [6, 6.07) is 11.0. The summed E-state index contributed by atoms with van der Waals surface area (Å²) in [5, 5.41) is 0.572. The van der Waals surface area contributed by atoms with Crippen LogP contribution in [0.3, 0.4) is 0 Å².